The van der Waals surface area contributed by atoms with Crippen molar-refractivity contribution in [3.8, 4) is 0 Å². The van der Waals surface area contributed by atoms with Crippen molar-refractivity contribution in [2.45, 2.75) is 26.9 Å². The van der Waals surface area contributed by atoms with E-state index < -0.39 is 11.7 Å². The molecule has 0 atom stereocenters. The van der Waals surface area contributed by atoms with E-state index in [0.29, 0.717) is 5.57 Å². The Balaban J connectivity index is 3.11. The summed E-state index contributed by atoms with van der Waals surface area (Å²) in [6.45, 7) is 8.92. The topological polar surface area (TPSA) is 12.0 Å². The highest BCUT2D eigenvalue weighted by Crippen LogP contribution is 2.36. The lowest BCUT2D eigenvalue weighted by molar-refractivity contribution is -0.0899. The van der Waals surface area contributed by atoms with Crippen molar-refractivity contribution in [2.24, 2.45) is 5.41 Å². The highest BCUT2D eigenvalue weighted by molar-refractivity contribution is 5.44. The van der Waals surface area contributed by atoms with Gasteiger partial charge in [0.15, 0.2) is 0 Å². The molecule has 84 valence electrons. The van der Waals surface area contributed by atoms with Crippen LogP contribution in [0.4, 0.5) is 13.2 Å². The fourth-order valence-corrected chi connectivity index (χ4v) is 1.21. The van der Waals surface area contributed by atoms with Crippen LogP contribution in [-0.2, 0) is 0 Å². The Hall–Kier alpha value is -1.19. The Kier molecular flexibility index (Phi) is 2.72. The predicted molar refractivity (Wildman–Crippen MR) is 54.0 cm³/mol. The van der Waals surface area contributed by atoms with E-state index in [2.05, 4.69) is 11.9 Å². The minimum Gasteiger partial charge on any atom is -0.361 e. The van der Waals surface area contributed by atoms with Crippen molar-refractivity contribution in [3.05, 3.63) is 35.7 Å². The number of nitrogens with one attached hydrogen (secondary N) is 1. The van der Waals surface area contributed by atoms with E-state index >= 15 is 0 Å². The number of alkyl halides is 3. The summed E-state index contributed by atoms with van der Waals surface area (Å²) in [4.78, 5) is 0. The summed E-state index contributed by atoms with van der Waals surface area (Å²) in [5.41, 5.74) is -0.503. The first kappa shape index (κ1) is 11.9. The Morgan fingerprint density at radius 1 is 1.20 bits per heavy atom. The molecule has 0 radical (unpaired) electrons. The lowest BCUT2D eigenvalue weighted by Crippen LogP contribution is -2.25. The highest BCUT2D eigenvalue weighted by atomic mass is 19.4. The summed E-state index contributed by atoms with van der Waals surface area (Å²) in [5, 5.41) is 2.55. The van der Waals surface area contributed by atoms with Crippen LogP contribution in [0.25, 0.3) is 0 Å². The first-order valence-electron chi connectivity index (χ1n) is 4.58. The van der Waals surface area contributed by atoms with Gasteiger partial charge in [0.25, 0.3) is 0 Å². The molecule has 0 fully saturated rings. The van der Waals surface area contributed by atoms with Crippen LogP contribution in [0.1, 0.15) is 20.8 Å². The maximum Gasteiger partial charge on any atom is 0.418 e. The minimum absolute atomic E-state index is 0.101. The van der Waals surface area contributed by atoms with Gasteiger partial charge in [-0.15, -0.1) is 0 Å². The maximum absolute atomic E-state index is 12.6. The van der Waals surface area contributed by atoms with Crippen molar-refractivity contribution in [1.29, 1.82) is 0 Å². The van der Waals surface area contributed by atoms with Crippen LogP contribution < -0.4 is 5.32 Å². The molecule has 0 bridgehead atoms. The average Bonchev–Trinajstić information content (AvgIpc) is 2.00. The van der Waals surface area contributed by atoms with E-state index in [9.17, 15) is 13.2 Å². The second kappa shape index (κ2) is 3.43. The van der Waals surface area contributed by atoms with Crippen molar-refractivity contribution in [2.75, 3.05) is 0 Å². The van der Waals surface area contributed by atoms with E-state index in [0.717, 1.165) is 6.08 Å². The number of halogens is 3. The largest absolute Gasteiger partial charge is 0.418 e. The van der Waals surface area contributed by atoms with Gasteiger partial charge in [-0.2, -0.15) is 13.2 Å². The van der Waals surface area contributed by atoms with Gasteiger partial charge in [0.2, 0.25) is 0 Å². The molecule has 0 aromatic heterocycles. The summed E-state index contributed by atoms with van der Waals surface area (Å²) in [5.74, 6) is 0. The minimum atomic E-state index is -4.35. The first-order valence-corrected chi connectivity index (χ1v) is 4.58. The Bertz CT molecular complexity index is 340. The highest BCUT2D eigenvalue weighted by Gasteiger charge is 2.37. The monoisotopic (exact) mass is 217 g/mol. The fraction of sp³-hybridized carbons (Fsp3) is 0.455. The quantitative estimate of drug-likeness (QED) is 0.654. The molecular weight excluding hydrogens is 203 g/mol. The summed E-state index contributed by atoms with van der Waals surface area (Å²) in [6.07, 6.45) is -1.63. The molecule has 15 heavy (non-hydrogen) atoms. The zero-order chi connectivity index (χ0) is 11.9. The summed E-state index contributed by atoms with van der Waals surface area (Å²) in [6, 6.07) is 0. The van der Waals surface area contributed by atoms with Crippen molar-refractivity contribution < 1.29 is 13.2 Å². The van der Waals surface area contributed by atoms with Crippen LogP contribution in [-0.4, -0.2) is 6.18 Å². The standard InChI is InChI=1S/C11H14F3N/c1-7-9(11(12,13)14)5-8(6-15-7)10(2,3)4/h5-6,15H,1H2,2-4H3. The van der Waals surface area contributed by atoms with Gasteiger partial charge in [0.05, 0.1) is 5.57 Å². The van der Waals surface area contributed by atoms with E-state index in [1.807, 2.05) is 20.8 Å². The van der Waals surface area contributed by atoms with Gasteiger partial charge in [-0.05, 0) is 17.1 Å². The van der Waals surface area contributed by atoms with Crippen LogP contribution in [0.3, 0.4) is 0 Å². The number of allylic oxidation sites excluding steroid dienone is 3. The molecule has 0 saturated heterocycles. The molecule has 1 aliphatic rings. The normalized spacial score (nSPS) is 18.1. The number of hydrogen-bond donors (Lipinski definition) is 1. The second-order valence-corrected chi connectivity index (χ2v) is 4.53. The third-order valence-corrected chi connectivity index (χ3v) is 2.20. The van der Waals surface area contributed by atoms with Crippen molar-refractivity contribution >= 4 is 0 Å². The molecule has 1 aliphatic heterocycles. The van der Waals surface area contributed by atoms with Crippen LogP contribution in [0.15, 0.2) is 35.7 Å². The molecule has 1 nitrogen and oxygen atoms in total. The smallest absolute Gasteiger partial charge is 0.361 e. The predicted octanol–water partition coefficient (Wildman–Crippen LogP) is 3.52. The van der Waals surface area contributed by atoms with Crippen LogP contribution in [0.2, 0.25) is 0 Å². The molecule has 0 aliphatic carbocycles. The molecule has 0 unspecified atom stereocenters. The van der Waals surface area contributed by atoms with E-state index in [1.54, 1.807) is 6.20 Å². The molecule has 0 saturated carbocycles. The lowest BCUT2D eigenvalue weighted by Gasteiger charge is -2.27. The molecule has 0 aromatic carbocycles. The molecular formula is C11H14F3N. The Morgan fingerprint density at radius 2 is 1.73 bits per heavy atom. The first-order chi connectivity index (χ1) is 6.62. The van der Waals surface area contributed by atoms with Gasteiger partial charge in [0, 0.05) is 11.9 Å². The van der Waals surface area contributed by atoms with E-state index in [-0.39, 0.29) is 11.1 Å². The van der Waals surface area contributed by atoms with E-state index in [4.69, 9.17) is 0 Å². The molecule has 1 heterocycles. The molecule has 4 heteroatoms. The number of dihydropyridines is 1. The number of hydrogen-bond acceptors (Lipinski definition) is 1. The van der Waals surface area contributed by atoms with Crippen LogP contribution >= 0.6 is 0 Å². The van der Waals surface area contributed by atoms with Gasteiger partial charge in [-0.25, -0.2) is 0 Å². The van der Waals surface area contributed by atoms with Crippen LogP contribution in [0.5, 0.6) is 0 Å². The SMILES string of the molecule is C=C1NC=C(C(C)(C)C)C=C1C(F)(F)F. The molecule has 0 aromatic rings. The fourth-order valence-electron chi connectivity index (χ4n) is 1.21. The summed E-state index contributed by atoms with van der Waals surface area (Å²) < 4.78 is 37.7. The van der Waals surface area contributed by atoms with Gasteiger partial charge in [-0.1, -0.05) is 27.4 Å². The third-order valence-electron chi connectivity index (χ3n) is 2.20. The molecule has 1 N–H and O–H groups in total. The molecule has 0 amide bonds. The molecule has 0 spiro atoms. The third kappa shape index (κ3) is 2.64. The lowest BCUT2D eigenvalue weighted by atomic mass is 9.84. The Labute approximate surface area is 87.4 Å². The van der Waals surface area contributed by atoms with Gasteiger partial charge in [-0.3, -0.25) is 0 Å². The van der Waals surface area contributed by atoms with Gasteiger partial charge in [0.1, 0.15) is 0 Å². The number of rotatable bonds is 0. The summed E-state index contributed by atoms with van der Waals surface area (Å²) in [7, 11) is 0. The van der Waals surface area contributed by atoms with Gasteiger partial charge >= 0.3 is 6.18 Å². The zero-order valence-corrected chi connectivity index (χ0v) is 9.00. The van der Waals surface area contributed by atoms with E-state index in [1.165, 1.54) is 0 Å². The zero-order valence-electron chi connectivity index (χ0n) is 9.00. The van der Waals surface area contributed by atoms with Crippen molar-refractivity contribution in [1.82, 2.24) is 5.32 Å². The van der Waals surface area contributed by atoms with Gasteiger partial charge < -0.3 is 5.32 Å². The Morgan fingerprint density at radius 3 is 2.13 bits per heavy atom. The average molecular weight is 217 g/mol. The summed E-state index contributed by atoms with van der Waals surface area (Å²) >= 11 is 0. The van der Waals surface area contributed by atoms with Crippen LogP contribution in [0, 0.1) is 5.41 Å². The maximum atomic E-state index is 12.6. The molecule has 1 rings (SSSR count). The second-order valence-electron chi connectivity index (χ2n) is 4.53. The van der Waals surface area contributed by atoms with Crippen molar-refractivity contribution in [3.63, 3.8) is 0 Å².